The van der Waals surface area contributed by atoms with Crippen LogP contribution in [0.5, 0.6) is 0 Å². The minimum absolute atomic E-state index is 0.228. The molecule has 7 heteroatoms. The van der Waals surface area contributed by atoms with Crippen LogP contribution in [-0.4, -0.2) is 25.2 Å². The number of nitrogens with one attached hydrogen (secondary N) is 1. The Morgan fingerprint density at radius 1 is 1.11 bits per heavy atom. The highest BCUT2D eigenvalue weighted by molar-refractivity contribution is 6.30. The summed E-state index contributed by atoms with van der Waals surface area (Å²) in [6, 6.07) is 18.5. The summed E-state index contributed by atoms with van der Waals surface area (Å²) < 4.78 is 3.59. The molecule has 3 aromatic heterocycles. The van der Waals surface area contributed by atoms with Crippen LogP contribution in [0.1, 0.15) is 16.2 Å². The fourth-order valence-electron chi connectivity index (χ4n) is 2.94. The van der Waals surface area contributed by atoms with Gasteiger partial charge in [0.15, 0.2) is 0 Å². The van der Waals surface area contributed by atoms with Crippen molar-refractivity contribution in [2.75, 3.05) is 0 Å². The predicted octanol–water partition coefficient (Wildman–Crippen LogP) is 3.86. The summed E-state index contributed by atoms with van der Waals surface area (Å²) >= 11 is 6.01. The molecule has 0 radical (unpaired) electrons. The Bertz CT molecular complexity index is 1100. The molecule has 0 saturated heterocycles. The van der Waals surface area contributed by atoms with E-state index in [2.05, 4.69) is 15.4 Å². The van der Waals surface area contributed by atoms with Gasteiger partial charge in [0.1, 0.15) is 11.4 Å². The topological polar surface area (TPSA) is 64.7 Å². The summed E-state index contributed by atoms with van der Waals surface area (Å²) in [6.45, 7) is 0.338. The Balaban J connectivity index is 1.69. The van der Waals surface area contributed by atoms with Crippen molar-refractivity contribution in [1.29, 1.82) is 0 Å². The first-order valence-corrected chi connectivity index (χ1v) is 9.15. The highest BCUT2D eigenvalue weighted by Crippen LogP contribution is 2.23. The van der Waals surface area contributed by atoms with Gasteiger partial charge in [0.25, 0.3) is 5.91 Å². The first-order chi connectivity index (χ1) is 13.6. The Kier molecular flexibility index (Phi) is 4.95. The number of halogens is 1. The minimum Gasteiger partial charge on any atom is -0.349 e. The molecule has 0 fully saturated rings. The molecule has 6 nitrogen and oxygen atoms in total. The summed E-state index contributed by atoms with van der Waals surface area (Å²) in [5, 5.41) is 8.21. The molecule has 0 atom stereocenters. The summed E-state index contributed by atoms with van der Waals surface area (Å²) in [7, 11) is 1.94. The van der Waals surface area contributed by atoms with Crippen LogP contribution < -0.4 is 5.32 Å². The summed E-state index contributed by atoms with van der Waals surface area (Å²) in [6.07, 6.45) is 3.64. The van der Waals surface area contributed by atoms with Crippen molar-refractivity contribution in [3.05, 3.63) is 89.5 Å². The summed E-state index contributed by atoms with van der Waals surface area (Å²) in [5.74, 6) is -0.228. The number of pyridine rings is 1. The van der Waals surface area contributed by atoms with E-state index >= 15 is 0 Å². The zero-order valence-electron chi connectivity index (χ0n) is 15.2. The third-order valence-corrected chi connectivity index (χ3v) is 4.63. The maximum Gasteiger partial charge on any atom is 0.270 e. The fraction of sp³-hybridized carbons (Fsp3) is 0.0952. The van der Waals surface area contributed by atoms with Crippen LogP contribution in [0, 0.1) is 0 Å². The number of amides is 1. The number of carbonyl (C=O) groups is 1. The fourth-order valence-corrected chi connectivity index (χ4v) is 3.06. The van der Waals surface area contributed by atoms with Crippen LogP contribution in [0.2, 0.25) is 5.02 Å². The van der Waals surface area contributed by atoms with Gasteiger partial charge in [-0.05, 0) is 54.6 Å². The Morgan fingerprint density at radius 3 is 2.61 bits per heavy atom. The molecule has 1 aromatic carbocycles. The second kappa shape index (κ2) is 7.70. The van der Waals surface area contributed by atoms with Crippen molar-refractivity contribution in [2.24, 2.45) is 7.05 Å². The van der Waals surface area contributed by atoms with E-state index in [1.54, 1.807) is 29.1 Å². The lowest BCUT2D eigenvalue weighted by Gasteiger charge is -2.08. The Morgan fingerprint density at radius 2 is 1.93 bits per heavy atom. The quantitative estimate of drug-likeness (QED) is 0.562. The third kappa shape index (κ3) is 3.68. The SMILES string of the molecule is Cn1cccc1-c1cc(C(=O)NCc2ccccn2)n(-c2ccc(Cl)cc2)n1. The van der Waals surface area contributed by atoms with Gasteiger partial charge in [0.2, 0.25) is 0 Å². The average molecular weight is 392 g/mol. The van der Waals surface area contributed by atoms with Crippen molar-refractivity contribution < 1.29 is 4.79 Å². The van der Waals surface area contributed by atoms with Gasteiger partial charge in [-0.2, -0.15) is 5.10 Å². The Labute approximate surface area is 167 Å². The van der Waals surface area contributed by atoms with Crippen LogP contribution >= 0.6 is 11.6 Å². The third-order valence-electron chi connectivity index (χ3n) is 4.38. The lowest BCUT2D eigenvalue weighted by molar-refractivity contribution is 0.0942. The normalized spacial score (nSPS) is 10.8. The molecule has 0 saturated carbocycles. The first kappa shape index (κ1) is 18.0. The van der Waals surface area contributed by atoms with Crippen LogP contribution in [0.15, 0.2) is 73.1 Å². The molecule has 0 bridgehead atoms. The standard InChI is InChI=1S/C21H18ClN5O/c1-26-12-4-6-19(26)18-13-20(21(28)24-14-16-5-2-3-11-23-16)27(25-18)17-9-7-15(22)8-10-17/h2-13H,14H2,1H3,(H,24,28). The van der Waals surface area contributed by atoms with Gasteiger partial charge >= 0.3 is 0 Å². The largest absolute Gasteiger partial charge is 0.349 e. The molecule has 0 aliphatic rings. The number of nitrogens with zero attached hydrogens (tertiary/aromatic N) is 4. The molecule has 4 aromatic rings. The smallest absolute Gasteiger partial charge is 0.270 e. The highest BCUT2D eigenvalue weighted by atomic mass is 35.5. The van der Waals surface area contributed by atoms with Crippen LogP contribution in [0.25, 0.3) is 17.1 Å². The maximum absolute atomic E-state index is 12.9. The number of rotatable bonds is 5. The van der Waals surface area contributed by atoms with E-state index in [1.165, 1.54) is 0 Å². The second-order valence-electron chi connectivity index (χ2n) is 6.31. The van der Waals surface area contributed by atoms with E-state index in [0.29, 0.717) is 23.0 Å². The number of aryl methyl sites for hydroxylation is 1. The maximum atomic E-state index is 12.9. The molecule has 1 N–H and O–H groups in total. The van der Waals surface area contributed by atoms with E-state index in [4.69, 9.17) is 11.6 Å². The highest BCUT2D eigenvalue weighted by Gasteiger charge is 2.18. The van der Waals surface area contributed by atoms with Crippen LogP contribution in [-0.2, 0) is 13.6 Å². The van der Waals surface area contributed by atoms with Crippen molar-refractivity contribution in [3.8, 4) is 17.1 Å². The predicted molar refractivity (Wildman–Crippen MR) is 108 cm³/mol. The van der Waals surface area contributed by atoms with Gasteiger partial charge in [-0.25, -0.2) is 4.68 Å². The molecule has 28 heavy (non-hydrogen) atoms. The molecule has 0 unspecified atom stereocenters. The molecule has 0 spiro atoms. The zero-order valence-corrected chi connectivity index (χ0v) is 16.0. The van der Waals surface area contributed by atoms with E-state index in [9.17, 15) is 4.79 Å². The van der Waals surface area contributed by atoms with Crippen molar-refractivity contribution in [2.45, 2.75) is 6.54 Å². The van der Waals surface area contributed by atoms with Gasteiger partial charge < -0.3 is 9.88 Å². The first-order valence-electron chi connectivity index (χ1n) is 8.77. The molecule has 0 aliphatic carbocycles. The Hall–Kier alpha value is -3.38. The monoisotopic (exact) mass is 391 g/mol. The van der Waals surface area contributed by atoms with Crippen molar-refractivity contribution >= 4 is 17.5 Å². The number of hydrogen-bond donors (Lipinski definition) is 1. The molecule has 3 heterocycles. The summed E-state index contributed by atoms with van der Waals surface area (Å²) in [5.41, 5.74) is 3.62. The van der Waals surface area contributed by atoms with Gasteiger partial charge in [-0.1, -0.05) is 17.7 Å². The number of aromatic nitrogens is 4. The summed E-state index contributed by atoms with van der Waals surface area (Å²) in [4.78, 5) is 17.2. The van der Waals surface area contributed by atoms with Crippen LogP contribution in [0.4, 0.5) is 0 Å². The molecule has 1 amide bonds. The number of hydrogen-bond acceptors (Lipinski definition) is 3. The van der Waals surface area contributed by atoms with Crippen molar-refractivity contribution in [3.63, 3.8) is 0 Å². The van der Waals surface area contributed by atoms with Gasteiger partial charge in [-0.15, -0.1) is 0 Å². The molecule has 4 rings (SSSR count). The van der Waals surface area contributed by atoms with E-state index < -0.39 is 0 Å². The van der Waals surface area contributed by atoms with Crippen molar-refractivity contribution in [1.82, 2.24) is 24.6 Å². The lowest BCUT2D eigenvalue weighted by Crippen LogP contribution is -2.25. The van der Waals surface area contributed by atoms with E-state index in [1.807, 2.05) is 60.3 Å². The second-order valence-corrected chi connectivity index (χ2v) is 6.75. The lowest BCUT2D eigenvalue weighted by atomic mass is 10.2. The molecular formula is C21H18ClN5O. The number of benzene rings is 1. The van der Waals surface area contributed by atoms with E-state index in [0.717, 1.165) is 17.1 Å². The average Bonchev–Trinajstić information content (AvgIpc) is 3.34. The molecule has 0 aliphatic heterocycles. The molecular weight excluding hydrogens is 374 g/mol. The molecule has 140 valence electrons. The van der Waals surface area contributed by atoms with Gasteiger partial charge in [0.05, 0.1) is 23.6 Å². The zero-order chi connectivity index (χ0) is 19.5. The van der Waals surface area contributed by atoms with E-state index in [-0.39, 0.29) is 5.91 Å². The van der Waals surface area contributed by atoms with Crippen LogP contribution in [0.3, 0.4) is 0 Å². The van der Waals surface area contributed by atoms with Gasteiger partial charge in [-0.3, -0.25) is 9.78 Å². The number of carbonyl (C=O) groups excluding carboxylic acids is 1. The van der Waals surface area contributed by atoms with Gasteiger partial charge in [0, 0.05) is 24.5 Å². The minimum atomic E-state index is -0.228.